The lowest BCUT2D eigenvalue weighted by Crippen LogP contribution is -2.25. The second-order valence-electron chi connectivity index (χ2n) is 6.55. The average Bonchev–Trinajstić information content (AvgIpc) is 3.09. The van der Waals surface area contributed by atoms with Crippen LogP contribution in [-0.4, -0.2) is 32.7 Å². The third-order valence-corrected chi connectivity index (χ3v) is 6.14. The maximum absolute atomic E-state index is 13.1. The molecule has 1 aliphatic carbocycles. The number of thiophene rings is 1. The molecule has 1 aromatic carbocycles. The van der Waals surface area contributed by atoms with Crippen LogP contribution in [0.15, 0.2) is 40.9 Å². The zero-order valence-electron chi connectivity index (χ0n) is 14.8. The standard InChI is InChI=1S/C18H14F2N4O3S2/c19-18(20)26-12-6-3-10(8-13(12)27-18)21-15(25)9-29-17-23-22-16(14-2-1-7-28-14)24(17)11-4-5-11/h1-3,6-8,11H,4-5,9H2,(H,21,25). The van der Waals surface area contributed by atoms with E-state index in [0.717, 1.165) is 23.5 Å². The number of halogens is 2. The Bertz CT molecular complexity index is 1070. The van der Waals surface area contributed by atoms with Gasteiger partial charge in [-0.2, -0.15) is 0 Å². The molecular formula is C18H14F2N4O3S2. The fraction of sp³-hybridized carbons (Fsp3) is 0.278. The first-order valence-corrected chi connectivity index (χ1v) is 10.7. The predicted octanol–water partition coefficient (Wildman–Crippen LogP) is 4.39. The smallest absolute Gasteiger partial charge is 0.395 e. The summed E-state index contributed by atoms with van der Waals surface area (Å²) in [6, 6.07) is 8.44. The minimum absolute atomic E-state index is 0.0685. The Hall–Kier alpha value is -2.66. The first kappa shape index (κ1) is 18.4. The number of benzene rings is 1. The number of nitrogens with one attached hydrogen (secondary N) is 1. The van der Waals surface area contributed by atoms with Crippen molar-refractivity contribution in [3.63, 3.8) is 0 Å². The van der Waals surface area contributed by atoms with Crippen LogP contribution in [0.4, 0.5) is 14.5 Å². The summed E-state index contributed by atoms with van der Waals surface area (Å²) in [7, 11) is 0. The van der Waals surface area contributed by atoms with Gasteiger partial charge in [0.15, 0.2) is 22.5 Å². The van der Waals surface area contributed by atoms with Crippen molar-refractivity contribution in [3.8, 4) is 22.2 Å². The van der Waals surface area contributed by atoms with E-state index >= 15 is 0 Å². The molecule has 3 heterocycles. The number of rotatable bonds is 6. The third-order valence-electron chi connectivity index (χ3n) is 4.34. The fourth-order valence-electron chi connectivity index (χ4n) is 2.97. The SMILES string of the molecule is O=C(CSc1nnc(-c2cccs2)n1C1CC1)Nc1ccc2c(c1)OC(F)(F)O2. The minimum Gasteiger partial charge on any atom is -0.395 e. The lowest BCUT2D eigenvalue weighted by Gasteiger charge is -2.08. The highest BCUT2D eigenvalue weighted by molar-refractivity contribution is 7.99. The number of ether oxygens (including phenoxy) is 2. The van der Waals surface area contributed by atoms with Crippen LogP contribution >= 0.6 is 23.1 Å². The van der Waals surface area contributed by atoms with Gasteiger partial charge in [-0.15, -0.1) is 30.3 Å². The Morgan fingerprint density at radius 2 is 2.10 bits per heavy atom. The van der Waals surface area contributed by atoms with Crippen LogP contribution in [0, 0.1) is 0 Å². The summed E-state index contributed by atoms with van der Waals surface area (Å²) in [4.78, 5) is 13.4. The molecule has 1 N–H and O–H groups in total. The van der Waals surface area contributed by atoms with Gasteiger partial charge in [0.05, 0.1) is 10.6 Å². The van der Waals surface area contributed by atoms with Crippen molar-refractivity contribution in [2.45, 2.75) is 30.3 Å². The first-order chi connectivity index (χ1) is 14.0. The molecular weight excluding hydrogens is 422 g/mol. The van der Waals surface area contributed by atoms with Crippen molar-refractivity contribution in [1.29, 1.82) is 0 Å². The van der Waals surface area contributed by atoms with Crippen molar-refractivity contribution in [1.82, 2.24) is 14.8 Å². The van der Waals surface area contributed by atoms with E-state index in [2.05, 4.69) is 29.6 Å². The number of carbonyl (C=O) groups excluding carboxylic acids is 1. The van der Waals surface area contributed by atoms with E-state index in [1.165, 1.54) is 30.0 Å². The van der Waals surface area contributed by atoms with E-state index in [9.17, 15) is 13.6 Å². The molecule has 3 aromatic rings. The second kappa shape index (κ2) is 6.99. The van der Waals surface area contributed by atoms with Crippen LogP contribution < -0.4 is 14.8 Å². The summed E-state index contributed by atoms with van der Waals surface area (Å²) in [5.41, 5.74) is 0.346. The highest BCUT2D eigenvalue weighted by atomic mass is 32.2. The number of anilines is 1. The lowest BCUT2D eigenvalue weighted by molar-refractivity contribution is -0.286. The van der Waals surface area contributed by atoms with Crippen molar-refractivity contribution < 1.29 is 23.0 Å². The molecule has 0 saturated heterocycles. The molecule has 1 saturated carbocycles. The number of thioether (sulfide) groups is 1. The Kier molecular flexibility index (Phi) is 4.43. The zero-order chi connectivity index (χ0) is 20.0. The van der Waals surface area contributed by atoms with Crippen molar-refractivity contribution in [3.05, 3.63) is 35.7 Å². The van der Waals surface area contributed by atoms with Crippen LogP contribution in [0.3, 0.4) is 0 Å². The molecule has 1 fully saturated rings. The Morgan fingerprint density at radius 1 is 1.28 bits per heavy atom. The Balaban J connectivity index is 1.25. The van der Waals surface area contributed by atoms with E-state index in [0.29, 0.717) is 16.9 Å². The van der Waals surface area contributed by atoms with Crippen molar-refractivity contribution >= 4 is 34.7 Å². The molecule has 0 unspecified atom stereocenters. The van der Waals surface area contributed by atoms with Gasteiger partial charge in [-0.1, -0.05) is 17.8 Å². The van der Waals surface area contributed by atoms with E-state index in [1.54, 1.807) is 11.3 Å². The fourth-order valence-corrected chi connectivity index (χ4v) is 4.48. The number of hydrogen-bond acceptors (Lipinski definition) is 7. The molecule has 150 valence electrons. The topological polar surface area (TPSA) is 78.3 Å². The predicted molar refractivity (Wildman–Crippen MR) is 104 cm³/mol. The lowest BCUT2D eigenvalue weighted by atomic mass is 10.3. The highest BCUT2D eigenvalue weighted by Crippen LogP contribution is 2.43. The molecule has 2 aliphatic rings. The monoisotopic (exact) mass is 436 g/mol. The van der Waals surface area contributed by atoms with Gasteiger partial charge in [-0.3, -0.25) is 9.36 Å². The van der Waals surface area contributed by atoms with Crippen molar-refractivity contribution in [2.24, 2.45) is 0 Å². The van der Waals surface area contributed by atoms with Crippen LogP contribution in [0.5, 0.6) is 11.5 Å². The quantitative estimate of drug-likeness (QED) is 0.578. The summed E-state index contributed by atoms with van der Waals surface area (Å²) in [5, 5.41) is 13.9. The average molecular weight is 436 g/mol. The maximum atomic E-state index is 13.1. The largest absolute Gasteiger partial charge is 0.586 e. The van der Waals surface area contributed by atoms with Crippen LogP contribution in [-0.2, 0) is 4.79 Å². The molecule has 1 aliphatic heterocycles. The Morgan fingerprint density at radius 3 is 2.86 bits per heavy atom. The van der Waals surface area contributed by atoms with Gasteiger partial charge in [-0.05, 0) is 36.4 Å². The van der Waals surface area contributed by atoms with Gasteiger partial charge < -0.3 is 14.8 Å². The molecule has 0 bridgehead atoms. The first-order valence-electron chi connectivity index (χ1n) is 8.80. The summed E-state index contributed by atoms with van der Waals surface area (Å²) in [6.45, 7) is 0. The normalized spacial score (nSPS) is 16.8. The molecule has 7 nitrogen and oxygen atoms in total. The van der Waals surface area contributed by atoms with Gasteiger partial charge in [0.1, 0.15) is 0 Å². The third kappa shape index (κ3) is 3.79. The molecule has 0 radical (unpaired) electrons. The molecule has 0 spiro atoms. The van der Waals surface area contributed by atoms with Gasteiger partial charge in [0, 0.05) is 17.8 Å². The maximum Gasteiger partial charge on any atom is 0.586 e. The van der Waals surface area contributed by atoms with Gasteiger partial charge in [0.25, 0.3) is 0 Å². The number of fused-ring (bicyclic) bond motifs is 1. The molecule has 2 aromatic heterocycles. The van der Waals surface area contributed by atoms with Crippen LogP contribution in [0.25, 0.3) is 10.7 Å². The summed E-state index contributed by atoms with van der Waals surface area (Å²) in [5.74, 6) is 0.459. The molecule has 11 heteroatoms. The molecule has 0 atom stereocenters. The van der Waals surface area contributed by atoms with Crippen LogP contribution in [0.2, 0.25) is 0 Å². The molecule has 29 heavy (non-hydrogen) atoms. The number of alkyl halides is 2. The van der Waals surface area contributed by atoms with E-state index in [4.69, 9.17) is 0 Å². The number of nitrogens with zero attached hydrogens (tertiary/aromatic N) is 3. The summed E-state index contributed by atoms with van der Waals surface area (Å²) >= 11 is 2.89. The summed E-state index contributed by atoms with van der Waals surface area (Å²) < 4.78 is 37.0. The van der Waals surface area contributed by atoms with E-state index in [-0.39, 0.29) is 23.2 Å². The number of hydrogen-bond donors (Lipinski definition) is 1. The number of aromatic nitrogens is 3. The molecule has 1 amide bonds. The van der Waals surface area contributed by atoms with Gasteiger partial charge >= 0.3 is 6.29 Å². The van der Waals surface area contributed by atoms with Gasteiger partial charge in [-0.25, -0.2) is 0 Å². The van der Waals surface area contributed by atoms with E-state index < -0.39 is 6.29 Å². The molecule has 5 rings (SSSR count). The zero-order valence-corrected chi connectivity index (χ0v) is 16.4. The van der Waals surface area contributed by atoms with E-state index in [1.807, 2.05) is 17.5 Å². The second-order valence-corrected chi connectivity index (χ2v) is 8.44. The minimum atomic E-state index is -3.69. The highest BCUT2D eigenvalue weighted by Gasteiger charge is 2.43. The number of amides is 1. The van der Waals surface area contributed by atoms with Gasteiger partial charge in [0.2, 0.25) is 5.91 Å². The summed E-state index contributed by atoms with van der Waals surface area (Å²) in [6.07, 6.45) is -1.55. The van der Waals surface area contributed by atoms with Crippen molar-refractivity contribution in [2.75, 3.05) is 11.1 Å². The Labute approximate surface area is 172 Å². The number of carbonyl (C=O) groups is 1. The van der Waals surface area contributed by atoms with Crippen LogP contribution in [0.1, 0.15) is 18.9 Å².